The van der Waals surface area contributed by atoms with Crippen molar-refractivity contribution >= 4 is 23.2 Å². The van der Waals surface area contributed by atoms with Crippen molar-refractivity contribution in [2.45, 2.75) is 12.3 Å². The summed E-state index contributed by atoms with van der Waals surface area (Å²) in [6, 6.07) is 1.75. The number of ether oxygens (including phenoxy) is 1. The van der Waals surface area contributed by atoms with Crippen molar-refractivity contribution in [2.75, 3.05) is 13.2 Å². The number of halogens is 2. The Labute approximate surface area is 86.0 Å². The van der Waals surface area contributed by atoms with Gasteiger partial charge in [-0.3, -0.25) is 0 Å². The molecule has 13 heavy (non-hydrogen) atoms. The van der Waals surface area contributed by atoms with E-state index in [4.69, 9.17) is 27.9 Å². The van der Waals surface area contributed by atoms with Crippen LogP contribution in [0.5, 0.6) is 0 Å². The minimum Gasteiger partial charge on any atom is -0.379 e. The molecular weight excluding hydrogens is 211 g/mol. The van der Waals surface area contributed by atoms with E-state index < -0.39 is 0 Å². The maximum atomic E-state index is 5.91. The second kappa shape index (κ2) is 3.08. The first-order valence-electron chi connectivity index (χ1n) is 3.89. The summed E-state index contributed by atoms with van der Waals surface area (Å²) in [5.74, 6) is 0. The molecule has 0 spiro atoms. The van der Waals surface area contributed by atoms with E-state index >= 15 is 0 Å². The SMILES string of the molecule is CC1(c2cc(Cl)nnc2Cl)COC1. The van der Waals surface area contributed by atoms with Crippen LogP contribution in [0.2, 0.25) is 10.3 Å². The van der Waals surface area contributed by atoms with Gasteiger partial charge in [-0.1, -0.05) is 30.1 Å². The maximum Gasteiger partial charge on any atom is 0.155 e. The summed E-state index contributed by atoms with van der Waals surface area (Å²) < 4.78 is 5.14. The molecule has 1 aromatic heterocycles. The van der Waals surface area contributed by atoms with Crippen molar-refractivity contribution in [1.29, 1.82) is 0 Å². The Bertz CT molecular complexity index is 339. The van der Waals surface area contributed by atoms with E-state index in [0.29, 0.717) is 23.5 Å². The molecule has 5 heteroatoms. The predicted molar refractivity (Wildman–Crippen MR) is 50.2 cm³/mol. The van der Waals surface area contributed by atoms with Gasteiger partial charge in [-0.15, -0.1) is 10.2 Å². The Kier molecular flexibility index (Phi) is 2.18. The first-order valence-corrected chi connectivity index (χ1v) is 4.64. The Balaban J connectivity index is 2.43. The molecule has 2 rings (SSSR count). The summed E-state index contributed by atoms with van der Waals surface area (Å²) in [6.07, 6.45) is 0. The fourth-order valence-electron chi connectivity index (χ4n) is 1.34. The highest BCUT2D eigenvalue weighted by atomic mass is 35.5. The average Bonchev–Trinajstić information content (AvgIpc) is 2.05. The molecule has 1 fully saturated rings. The quantitative estimate of drug-likeness (QED) is 0.725. The number of hydrogen-bond acceptors (Lipinski definition) is 3. The molecule has 0 aromatic carbocycles. The van der Waals surface area contributed by atoms with E-state index in [0.717, 1.165) is 5.56 Å². The minimum atomic E-state index is -0.0450. The third-order valence-corrected chi connectivity index (χ3v) is 2.67. The van der Waals surface area contributed by atoms with Crippen LogP contribution in [-0.4, -0.2) is 23.4 Å². The number of hydrogen-bond donors (Lipinski definition) is 0. The molecule has 1 aliphatic heterocycles. The highest BCUT2D eigenvalue weighted by molar-refractivity contribution is 6.31. The molecule has 3 nitrogen and oxygen atoms in total. The molecule has 0 saturated carbocycles. The molecule has 0 atom stereocenters. The summed E-state index contributed by atoms with van der Waals surface area (Å²) in [7, 11) is 0. The summed E-state index contributed by atoms with van der Waals surface area (Å²) in [4.78, 5) is 0. The summed E-state index contributed by atoms with van der Waals surface area (Å²) in [6.45, 7) is 3.39. The van der Waals surface area contributed by atoms with Crippen molar-refractivity contribution in [3.63, 3.8) is 0 Å². The average molecular weight is 219 g/mol. The minimum absolute atomic E-state index is 0.0450. The van der Waals surface area contributed by atoms with Gasteiger partial charge in [-0.25, -0.2) is 0 Å². The van der Waals surface area contributed by atoms with E-state index in [2.05, 4.69) is 17.1 Å². The lowest BCUT2D eigenvalue weighted by molar-refractivity contribution is -0.0501. The van der Waals surface area contributed by atoms with E-state index in [1.54, 1.807) is 6.07 Å². The molecule has 0 unspecified atom stereocenters. The fourth-order valence-corrected chi connectivity index (χ4v) is 1.81. The van der Waals surface area contributed by atoms with Crippen LogP contribution in [0.3, 0.4) is 0 Å². The van der Waals surface area contributed by atoms with Crippen LogP contribution in [0.1, 0.15) is 12.5 Å². The molecule has 0 radical (unpaired) electrons. The largest absolute Gasteiger partial charge is 0.379 e. The Hall–Kier alpha value is -0.380. The molecule has 1 aliphatic rings. The van der Waals surface area contributed by atoms with Gasteiger partial charge in [-0.05, 0) is 6.07 Å². The fraction of sp³-hybridized carbons (Fsp3) is 0.500. The van der Waals surface area contributed by atoms with Crippen molar-refractivity contribution in [2.24, 2.45) is 0 Å². The molecule has 70 valence electrons. The zero-order valence-electron chi connectivity index (χ0n) is 7.05. The van der Waals surface area contributed by atoms with Crippen molar-refractivity contribution in [3.05, 3.63) is 21.9 Å². The maximum absolute atomic E-state index is 5.91. The highest BCUT2D eigenvalue weighted by Gasteiger charge is 2.37. The Morgan fingerprint density at radius 1 is 1.38 bits per heavy atom. The third kappa shape index (κ3) is 1.52. The van der Waals surface area contributed by atoms with Gasteiger partial charge in [0.25, 0.3) is 0 Å². The second-order valence-corrected chi connectivity index (χ2v) is 4.17. The third-order valence-electron chi connectivity index (χ3n) is 2.21. The normalized spacial score (nSPS) is 19.6. The Morgan fingerprint density at radius 3 is 2.62 bits per heavy atom. The summed E-state index contributed by atoms with van der Waals surface area (Å²) >= 11 is 11.6. The first-order chi connectivity index (χ1) is 6.12. The van der Waals surface area contributed by atoms with Gasteiger partial charge in [0.15, 0.2) is 10.3 Å². The summed E-state index contributed by atoms with van der Waals surface area (Å²) in [5, 5.41) is 8.19. The lowest BCUT2D eigenvalue weighted by Crippen LogP contribution is -2.44. The van der Waals surface area contributed by atoms with Crippen molar-refractivity contribution in [1.82, 2.24) is 10.2 Å². The van der Waals surface area contributed by atoms with Crippen LogP contribution in [-0.2, 0) is 10.2 Å². The van der Waals surface area contributed by atoms with Gasteiger partial charge in [-0.2, -0.15) is 0 Å². The zero-order valence-corrected chi connectivity index (χ0v) is 8.56. The van der Waals surface area contributed by atoms with Crippen molar-refractivity contribution in [3.8, 4) is 0 Å². The molecule has 0 N–H and O–H groups in total. The van der Waals surface area contributed by atoms with Crippen LogP contribution in [0, 0.1) is 0 Å². The lowest BCUT2D eigenvalue weighted by Gasteiger charge is -2.38. The molecule has 1 aromatic rings. The molecule has 0 aliphatic carbocycles. The lowest BCUT2D eigenvalue weighted by atomic mass is 9.82. The Morgan fingerprint density at radius 2 is 2.08 bits per heavy atom. The van der Waals surface area contributed by atoms with Gasteiger partial charge < -0.3 is 4.74 Å². The molecule has 2 heterocycles. The summed E-state index contributed by atoms with van der Waals surface area (Å²) in [5.41, 5.74) is 0.872. The molecule has 1 saturated heterocycles. The topological polar surface area (TPSA) is 35.0 Å². The van der Waals surface area contributed by atoms with Gasteiger partial charge in [0.2, 0.25) is 0 Å². The van der Waals surface area contributed by atoms with E-state index in [9.17, 15) is 0 Å². The molecule has 0 amide bonds. The monoisotopic (exact) mass is 218 g/mol. The number of rotatable bonds is 1. The van der Waals surface area contributed by atoms with E-state index in [1.165, 1.54) is 0 Å². The highest BCUT2D eigenvalue weighted by Crippen LogP contribution is 2.35. The second-order valence-electron chi connectivity index (χ2n) is 3.43. The number of nitrogens with zero attached hydrogens (tertiary/aromatic N) is 2. The van der Waals surface area contributed by atoms with Crippen LogP contribution in [0.25, 0.3) is 0 Å². The molecular formula is C8H8Cl2N2O. The van der Waals surface area contributed by atoms with E-state index in [-0.39, 0.29) is 5.41 Å². The van der Waals surface area contributed by atoms with Gasteiger partial charge in [0, 0.05) is 11.0 Å². The van der Waals surface area contributed by atoms with Crippen LogP contribution in [0.4, 0.5) is 0 Å². The smallest absolute Gasteiger partial charge is 0.155 e. The van der Waals surface area contributed by atoms with Crippen molar-refractivity contribution < 1.29 is 4.74 Å². The van der Waals surface area contributed by atoms with Gasteiger partial charge >= 0.3 is 0 Å². The first kappa shape index (κ1) is 9.19. The predicted octanol–water partition coefficient (Wildman–Crippen LogP) is 2.07. The number of aromatic nitrogens is 2. The van der Waals surface area contributed by atoms with Crippen LogP contribution >= 0.6 is 23.2 Å². The molecule has 0 bridgehead atoms. The van der Waals surface area contributed by atoms with Gasteiger partial charge in [0.1, 0.15) is 0 Å². The standard InChI is InChI=1S/C8H8Cl2N2O/c1-8(3-13-4-8)5-2-6(9)11-12-7(5)10/h2H,3-4H2,1H3. The zero-order chi connectivity index (χ0) is 9.47. The van der Waals surface area contributed by atoms with Crippen LogP contribution < -0.4 is 0 Å². The van der Waals surface area contributed by atoms with Crippen LogP contribution in [0.15, 0.2) is 6.07 Å². The van der Waals surface area contributed by atoms with E-state index in [1.807, 2.05) is 0 Å². The van der Waals surface area contributed by atoms with Gasteiger partial charge in [0.05, 0.1) is 13.2 Å².